The van der Waals surface area contributed by atoms with Crippen molar-refractivity contribution in [1.82, 2.24) is 60.9 Å². The van der Waals surface area contributed by atoms with Gasteiger partial charge in [0.2, 0.25) is 0 Å². The van der Waals surface area contributed by atoms with Crippen LogP contribution in [0.15, 0.2) is 65.3 Å². The minimum atomic E-state index is -5.27. The second-order valence-corrected chi connectivity index (χ2v) is 14.0. The summed E-state index contributed by atoms with van der Waals surface area (Å²) in [6.07, 6.45) is -8.71. The lowest BCUT2D eigenvalue weighted by atomic mass is 10.1. The van der Waals surface area contributed by atoms with Crippen LogP contribution < -0.4 is 41.6 Å². The van der Waals surface area contributed by atoms with E-state index < -0.39 is 82.1 Å². The van der Waals surface area contributed by atoms with Gasteiger partial charge in [0.15, 0.2) is 36.1 Å². The number of anilines is 2. The molecule has 0 fully saturated rings. The van der Waals surface area contributed by atoms with Crippen molar-refractivity contribution in [2.75, 3.05) is 23.8 Å². The summed E-state index contributed by atoms with van der Waals surface area (Å²) in [6.45, 7) is -0.308. The van der Waals surface area contributed by atoms with Gasteiger partial charge in [-0.05, 0) is 35.4 Å². The quantitative estimate of drug-likeness (QED) is 0.0943. The summed E-state index contributed by atoms with van der Waals surface area (Å²) in [7, 11) is 0. The Labute approximate surface area is 375 Å². The molecule has 7 heterocycles. The number of halogens is 8. The van der Waals surface area contributed by atoms with Crippen molar-refractivity contribution in [1.29, 1.82) is 0 Å². The Balaban J connectivity index is 0.000000186. The molecular formula is C38H24F8N14O9. The molecule has 5 aromatic heterocycles. The molecule has 69 heavy (non-hydrogen) atoms. The normalized spacial score (nSPS) is 13.1. The summed E-state index contributed by atoms with van der Waals surface area (Å²) >= 11 is 0. The summed E-state index contributed by atoms with van der Waals surface area (Å²) in [5, 5.41) is 23.8. The molecule has 7 aromatic rings. The highest BCUT2D eigenvalue weighted by Crippen LogP contribution is 2.32. The van der Waals surface area contributed by atoms with Crippen molar-refractivity contribution in [2.24, 2.45) is 0 Å². The number of carbonyl (C=O) groups excluding carboxylic acids is 6. The largest absolute Gasteiger partial charge is 0.482 e. The maximum Gasteiger partial charge on any atom is 0.472 e. The molecule has 6 amide bonds. The SMILES string of the molecule is O=C1COc2ccc(CNC(=O)c3cc(-c4nnc(C(F)(F)F)o4)n4ncc(F)c4n3)cc2N1.O=C1COc2ccc(CNC(=O)c3cc(C(=O)NNC(=O)C(F)(F)F)n4ncc(F)c4n3)cc2N1. The van der Waals surface area contributed by atoms with Gasteiger partial charge in [-0.3, -0.25) is 39.6 Å². The van der Waals surface area contributed by atoms with Crippen LogP contribution in [0.4, 0.5) is 46.5 Å². The Morgan fingerprint density at radius 2 is 1.19 bits per heavy atom. The highest BCUT2D eigenvalue weighted by Gasteiger charge is 2.40. The van der Waals surface area contributed by atoms with E-state index in [9.17, 15) is 63.9 Å². The lowest BCUT2D eigenvalue weighted by Crippen LogP contribution is -2.48. The number of hydrazine groups is 1. The monoisotopic (exact) mass is 972 g/mol. The van der Waals surface area contributed by atoms with E-state index in [2.05, 4.69) is 56.0 Å². The van der Waals surface area contributed by atoms with Gasteiger partial charge in [-0.2, -0.15) is 36.5 Å². The van der Waals surface area contributed by atoms with Crippen LogP contribution in [-0.4, -0.2) is 94.2 Å². The second-order valence-electron chi connectivity index (χ2n) is 14.0. The third-order valence-corrected chi connectivity index (χ3v) is 9.25. The number of nitrogens with zero attached hydrogens (tertiary/aromatic N) is 8. The first-order valence-electron chi connectivity index (χ1n) is 19.1. The van der Waals surface area contributed by atoms with Crippen molar-refractivity contribution >= 4 is 58.1 Å². The van der Waals surface area contributed by atoms with E-state index >= 15 is 0 Å². The van der Waals surface area contributed by atoms with Crippen LogP contribution >= 0.6 is 0 Å². The molecule has 0 atom stereocenters. The minimum Gasteiger partial charge on any atom is -0.482 e. The van der Waals surface area contributed by atoms with Crippen LogP contribution in [0.1, 0.15) is 48.5 Å². The number of rotatable bonds is 8. The smallest absolute Gasteiger partial charge is 0.472 e. The van der Waals surface area contributed by atoms with E-state index in [0.29, 0.717) is 44.7 Å². The molecule has 0 saturated heterocycles. The molecule has 31 heteroatoms. The molecule has 23 nitrogen and oxygen atoms in total. The van der Waals surface area contributed by atoms with Crippen LogP contribution in [0.3, 0.4) is 0 Å². The minimum absolute atomic E-state index is 0.00923. The van der Waals surface area contributed by atoms with E-state index in [0.717, 1.165) is 28.3 Å². The number of aromatic nitrogens is 8. The van der Waals surface area contributed by atoms with Gasteiger partial charge >= 0.3 is 24.2 Å². The van der Waals surface area contributed by atoms with Gasteiger partial charge in [-0.15, -0.1) is 10.2 Å². The number of hydrogen-bond donors (Lipinski definition) is 6. The molecule has 6 N–H and O–H groups in total. The fourth-order valence-electron chi connectivity index (χ4n) is 6.13. The Morgan fingerprint density at radius 3 is 1.71 bits per heavy atom. The number of ether oxygens (including phenoxy) is 2. The first kappa shape index (κ1) is 46.2. The van der Waals surface area contributed by atoms with Crippen molar-refractivity contribution in [3.63, 3.8) is 0 Å². The lowest BCUT2D eigenvalue weighted by Gasteiger charge is -2.18. The standard InChI is InChI=1S/C19H13F4N7O5.C19H11F4N7O4/c20-9-6-25-30-12(17(33)28-29-18(34)19(21,22)23)4-11(27-15(9)30)16(32)24-5-8-1-2-13-10(3-8)26-14(31)7-35-13;20-9-6-25-30-12(17-28-29-18(34-17)19(21,22)23)4-11(27-15(9)30)16(32)24-5-8-1-2-13-10(3-8)26-14(31)7-33-13/h1-4,6H,5,7H2,(H,24,32)(H,26,31)(H,28,33)(H,29,34);1-4,6H,5,7H2,(H,24,32)(H,26,31). The van der Waals surface area contributed by atoms with Crippen molar-refractivity contribution in [3.05, 3.63) is 107 Å². The molecule has 2 aliphatic heterocycles. The number of nitrogens with one attached hydrogen (secondary N) is 6. The van der Waals surface area contributed by atoms with Gasteiger partial charge in [-0.25, -0.2) is 27.8 Å². The van der Waals surface area contributed by atoms with Crippen LogP contribution in [0.5, 0.6) is 11.5 Å². The third-order valence-electron chi connectivity index (χ3n) is 9.25. The van der Waals surface area contributed by atoms with E-state index in [1.54, 1.807) is 36.4 Å². The Bertz CT molecular complexity index is 3240. The maximum atomic E-state index is 14.2. The molecular weight excluding hydrogens is 948 g/mol. The number of alkyl halides is 6. The van der Waals surface area contributed by atoms with Crippen molar-refractivity contribution in [2.45, 2.75) is 25.4 Å². The first-order chi connectivity index (χ1) is 32.7. The predicted molar refractivity (Wildman–Crippen MR) is 209 cm³/mol. The number of amides is 6. The topological polar surface area (TPSA) is 292 Å². The van der Waals surface area contributed by atoms with Crippen molar-refractivity contribution in [3.8, 4) is 23.1 Å². The lowest BCUT2D eigenvalue weighted by molar-refractivity contribution is -0.174. The summed E-state index contributed by atoms with van der Waals surface area (Å²) in [4.78, 5) is 79.2. The van der Waals surface area contributed by atoms with Crippen LogP contribution in [-0.2, 0) is 33.6 Å². The van der Waals surface area contributed by atoms with Gasteiger partial charge in [0.1, 0.15) is 34.3 Å². The average molecular weight is 973 g/mol. The highest BCUT2D eigenvalue weighted by molar-refractivity contribution is 5.99. The molecule has 356 valence electrons. The third kappa shape index (κ3) is 10.1. The Kier molecular flexibility index (Phi) is 12.2. The predicted octanol–water partition coefficient (Wildman–Crippen LogP) is 2.65. The average Bonchev–Trinajstić information content (AvgIpc) is 4.07. The molecule has 9 rings (SSSR count). The van der Waals surface area contributed by atoms with Crippen LogP contribution in [0, 0.1) is 11.6 Å². The molecule has 0 saturated carbocycles. The van der Waals surface area contributed by atoms with E-state index in [-0.39, 0.29) is 49.5 Å². The van der Waals surface area contributed by atoms with Crippen LogP contribution in [0.2, 0.25) is 0 Å². The number of benzene rings is 2. The molecule has 0 unspecified atom stereocenters. The van der Waals surface area contributed by atoms with Crippen molar-refractivity contribution < 1.29 is 77.8 Å². The highest BCUT2D eigenvalue weighted by atomic mass is 19.4. The molecule has 0 aliphatic carbocycles. The first-order valence-corrected chi connectivity index (χ1v) is 19.1. The number of carbonyl (C=O) groups is 6. The zero-order valence-corrected chi connectivity index (χ0v) is 33.9. The van der Waals surface area contributed by atoms with Gasteiger partial charge < -0.3 is 35.2 Å². The molecule has 2 aromatic carbocycles. The zero-order valence-electron chi connectivity index (χ0n) is 33.9. The summed E-state index contributed by atoms with van der Waals surface area (Å²) in [6, 6.07) is 11.5. The van der Waals surface area contributed by atoms with Gasteiger partial charge in [0.05, 0.1) is 23.8 Å². The van der Waals surface area contributed by atoms with E-state index in [1.165, 1.54) is 5.43 Å². The summed E-state index contributed by atoms with van der Waals surface area (Å²) < 4.78 is 120. The van der Waals surface area contributed by atoms with E-state index in [4.69, 9.17) is 9.47 Å². The Morgan fingerprint density at radius 1 is 0.667 bits per heavy atom. The number of hydrogen-bond acceptors (Lipinski definition) is 15. The van der Waals surface area contributed by atoms with Gasteiger partial charge in [0.25, 0.3) is 35.4 Å². The summed E-state index contributed by atoms with van der Waals surface area (Å²) in [5.74, 6) is -9.35. The van der Waals surface area contributed by atoms with Gasteiger partial charge in [-0.1, -0.05) is 12.1 Å². The fourth-order valence-corrected chi connectivity index (χ4v) is 6.13. The van der Waals surface area contributed by atoms with Gasteiger partial charge in [0, 0.05) is 25.2 Å². The summed E-state index contributed by atoms with van der Waals surface area (Å²) in [5.41, 5.74) is 2.02. The van der Waals surface area contributed by atoms with Crippen LogP contribution in [0.25, 0.3) is 22.9 Å². The molecule has 0 bridgehead atoms. The van der Waals surface area contributed by atoms with E-state index in [1.807, 2.05) is 0 Å². The maximum absolute atomic E-state index is 14.2. The molecule has 2 aliphatic rings. The second kappa shape index (κ2) is 18.2. The Hall–Kier alpha value is -9.32. The zero-order chi connectivity index (χ0) is 49.4. The number of fused-ring (bicyclic) bond motifs is 4. The fraction of sp³-hybridized carbons (Fsp3) is 0.158. The molecule has 0 spiro atoms. The molecule has 0 radical (unpaired) electrons.